The molecule has 16 nitrogen and oxygen atoms in total. The molecule has 2 amide bonds. The summed E-state index contributed by atoms with van der Waals surface area (Å²) in [5.74, 6) is -1.24. The van der Waals surface area contributed by atoms with E-state index < -0.39 is 35.9 Å². The van der Waals surface area contributed by atoms with Crippen molar-refractivity contribution in [1.29, 1.82) is 0 Å². The molecular formula is C30H48N6O10S2. The zero-order valence-electron chi connectivity index (χ0n) is 28.0. The molecule has 1 aliphatic heterocycles. The fourth-order valence-electron chi connectivity index (χ4n) is 4.78. The van der Waals surface area contributed by atoms with Crippen molar-refractivity contribution in [2.24, 2.45) is 0 Å². The Labute approximate surface area is 289 Å². The highest BCUT2D eigenvalue weighted by Gasteiger charge is 2.30. The lowest BCUT2D eigenvalue weighted by Crippen LogP contribution is -2.48. The quantitative estimate of drug-likeness (QED) is 0.119. The van der Waals surface area contributed by atoms with Crippen LogP contribution in [-0.2, 0) is 46.4 Å². The lowest BCUT2D eigenvalue weighted by atomic mass is 10.1. The summed E-state index contributed by atoms with van der Waals surface area (Å²) in [5.41, 5.74) is 1.46. The highest BCUT2D eigenvalue weighted by atomic mass is 32.2. The Morgan fingerprint density at radius 1 is 0.833 bits per heavy atom. The summed E-state index contributed by atoms with van der Waals surface area (Å²) in [6, 6.07) is 4.40. The average Bonchev–Trinajstić information content (AvgIpc) is 3.06. The van der Waals surface area contributed by atoms with Crippen LogP contribution in [0, 0.1) is 0 Å². The SMILES string of the molecule is CCOCNC(=O)SCCC(C(=O)OC)N1CCN(C)CCN(C(CCSC(=O)NCOCC(=O)O)C(=O)OC)Cc2cccc(n2)C1. The lowest BCUT2D eigenvalue weighted by molar-refractivity contribution is -0.148. The molecule has 0 spiro atoms. The highest BCUT2D eigenvalue weighted by molar-refractivity contribution is 8.13. The standard InChI is InChI=1S/C30H48N6O10S2/c1-5-45-20-31-29(41)47-15-9-24(27(39)43-3)35-13-11-34(2)12-14-36(18-23-8-6-7-22(17-35)33-23)25(28(40)44-4)10-16-48-30(42)32-21-46-19-26(37)38/h6-8,24-25H,5,9-21H2,1-4H3,(H,31,41)(H,32,42)(H,37,38). The minimum Gasteiger partial charge on any atom is -0.480 e. The van der Waals surface area contributed by atoms with Crippen LogP contribution in [0.2, 0.25) is 0 Å². The van der Waals surface area contributed by atoms with Crippen molar-refractivity contribution in [3.05, 3.63) is 29.6 Å². The van der Waals surface area contributed by atoms with Crippen LogP contribution in [0.3, 0.4) is 0 Å². The summed E-state index contributed by atoms with van der Waals surface area (Å²) < 4.78 is 20.3. The van der Waals surface area contributed by atoms with Crippen molar-refractivity contribution in [2.75, 3.05) is 85.6 Å². The fourth-order valence-corrected chi connectivity index (χ4v) is 6.16. The molecule has 18 heteroatoms. The third kappa shape index (κ3) is 15.9. The second kappa shape index (κ2) is 23.4. The number of fused-ring (bicyclic) bond motifs is 2. The van der Waals surface area contributed by atoms with E-state index in [2.05, 4.69) is 15.5 Å². The summed E-state index contributed by atoms with van der Waals surface area (Å²) in [4.78, 5) is 71.9. The van der Waals surface area contributed by atoms with Gasteiger partial charge in [-0.2, -0.15) is 0 Å². The Kier molecular flexibility index (Phi) is 20.0. The molecule has 48 heavy (non-hydrogen) atoms. The lowest BCUT2D eigenvalue weighted by Gasteiger charge is -2.34. The van der Waals surface area contributed by atoms with Crippen LogP contribution in [0.15, 0.2) is 18.2 Å². The summed E-state index contributed by atoms with van der Waals surface area (Å²) in [6.45, 7) is 4.63. The maximum absolute atomic E-state index is 13.0. The van der Waals surface area contributed by atoms with Crippen molar-refractivity contribution < 1.29 is 48.0 Å². The first-order chi connectivity index (χ1) is 23.1. The number of pyridine rings is 1. The Morgan fingerprint density at radius 3 is 1.75 bits per heavy atom. The molecule has 1 aromatic rings. The Balaban J connectivity index is 2.16. The van der Waals surface area contributed by atoms with Gasteiger partial charge in [-0.3, -0.25) is 34.0 Å². The number of hydrogen-bond acceptors (Lipinski definition) is 15. The third-order valence-electron chi connectivity index (χ3n) is 7.28. The predicted octanol–water partition coefficient (Wildman–Crippen LogP) is 1.43. The molecule has 0 aromatic carbocycles. The molecule has 0 saturated carbocycles. The maximum Gasteiger partial charge on any atom is 0.329 e. The van der Waals surface area contributed by atoms with Crippen molar-refractivity contribution in [3.8, 4) is 0 Å². The van der Waals surface area contributed by atoms with Gasteiger partial charge < -0.3 is 39.6 Å². The molecule has 270 valence electrons. The number of aromatic nitrogens is 1. The van der Waals surface area contributed by atoms with E-state index in [1.54, 1.807) is 0 Å². The zero-order chi connectivity index (χ0) is 35.3. The van der Waals surface area contributed by atoms with Gasteiger partial charge in [-0.15, -0.1) is 0 Å². The number of methoxy groups -OCH3 is 2. The summed E-state index contributed by atoms with van der Waals surface area (Å²) in [6.07, 6.45) is 0.711. The number of carboxylic acid groups (broad SMARTS) is 1. The van der Waals surface area contributed by atoms with Crippen LogP contribution < -0.4 is 10.6 Å². The largest absolute Gasteiger partial charge is 0.480 e. The van der Waals surface area contributed by atoms with Crippen molar-refractivity contribution in [2.45, 2.75) is 44.9 Å². The number of ether oxygens (including phenoxy) is 4. The van der Waals surface area contributed by atoms with Crippen LogP contribution in [-0.4, -0.2) is 151 Å². The Hall–Kier alpha value is -3.00. The molecule has 1 aromatic heterocycles. The van der Waals surface area contributed by atoms with Crippen LogP contribution in [0.25, 0.3) is 0 Å². The van der Waals surface area contributed by atoms with Crippen molar-refractivity contribution in [1.82, 2.24) is 30.3 Å². The van der Waals surface area contributed by atoms with Gasteiger partial charge in [0, 0.05) is 57.4 Å². The number of hydrogen-bond donors (Lipinski definition) is 3. The van der Waals surface area contributed by atoms with Gasteiger partial charge in [-0.1, -0.05) is 29.6 Å². The van der Waals surface area contributed by atoms with E-state index in [1.165, 1.54) is 14.2 Å². The number of carbonyl (C=O) groups is 5. The molecule has 2 rings (SSSR count). The second-order valence-corrected chi connectivity index (χ2v) is 12.8. The van der Waals surface area contributed by atoms with Gasteiger partial charge in [0.05, 0.1) is 25.6 Å². The average molecular weight is 717 g/mol. The molecule has 0 aliphatic carbocycles. The van der Waals surface area contributed by atoms with Crippen LogP contribution in [0.1, 0.15) is 31.2 Å². The van der Waals surface area contributed by atoms with E-state index in [9.17, 15) is 24.0 Å². The van der Waals surface area contributed by atoms with Gasteiger partial charge in [0.2, 0.25) is 0 Å². The first kappa shape index (κ1) is 41.2. The Morgan fingerprint density at radius 2 is 1.31 bits per heavy atom. The maximum atomic E-state index is 13.0. The second-order valence-electron chi connectivity index (χ2n) is 10.7. The first-order valence-electron chi connectivity index (χ1n) is 15.5. The number of nitrogens with zero attached hydrogens (tertiary/aromatic N) is 4. The Bertz CT molecular complexity index is 1180. The van der Waals surface area contributed by atoms with Gasteiger partial charge in [-0.25, -0.2) is 4.79 Å². The molecule has 0 radical (unpaired) electrons. The van der Waals surface area contributed by atoms with Gasteiger partial charge >= 0.3 is 17.9 Å². The highest BCUT2D eigenvalue weighted by Crippen LogP contribution is 2.19. The molecule has 0 saturated heterocycles. The molecule has 1 aliphatic rings. The predicted molar refractivity (Wildman–Crippen MR) is 180 cm³/mol. The van der Waals surface area contributed by atoms with Gasteiger partial charge in [-0.05, 0) is 38.9 Å². The number of thioether (sulfide) groups is 2. The van der Waals surface area contributed by atoms with Crippen LogP contribution in [0.5, 0.6) is 0 Å². The topological polar surface area (TPSA) is 189 Å². The van der Waals surface area contributed by atoms with Gasteiger partial charge in [0.1, 0.15) is 32.2 Å². The van der Waals surface area contributed by atoms with E-state index in [0.29, 0.717) is 70.2 Å². The minimum atomic E-state index is -1.14. The number of amides is 2. The van der Waals surface area contributed by atoms with Gasteiger partial charge in [0.25, 0.3) is 10.5 Å². The smallest absolute Gasteiger partial charge is 0.329 e. The van der Waals surface area contributed by atoms with E-state index >= 15 is 0 Å². The van der Waals surface area contributed by atoms with E-state index in [-0.39, 0.29) is 24.7 Å². The molecule has 2 unspecified atom stereocenters. The number of carbonyl (C=O) groups excluding carboxylic acids is 4. The number of esters is 2. The van der Waals surface area contributed by atoms with E-state index in [1.807, 2.05) is 42.0 Å². The fraction of sp³-hybridized carbons (Fsp3) is 0.667. The number of aliphatic carboxylic acids is 1. The van der Waals surface area contributed by atoms with E-state index in [0.717, 1.165) is 34.9 Å². The first-order valence-corrected chi connectivity index (χ1v) is 17.5. The van der Waals surface area contributed by atoms with Crippen molar-refractivity contribution >= 4 is 51.9 Å². The number of nitrogens with one attached hydrogen (secondary N) is 2. The third-order valence-corrected chi connectivity index (χ3v) is 8.97. The summed E-state index contributed by atoms with van der Waals surface area (Å²) in [7, 11) is 4.65. The number of carboxylic acids is 1. The normalized spacial score (nSPS) is 16.1. The van der Waals surface area contributed by atoms with E-state index in [4.69, 9.17) is 29.0 Å². The number of likely N-dealkylation sites (N-methyl/N-ethyl adjacent to an activating group) is 1. The monoisotopic (exact) mass is 716 g/mol. The molecule has 3 N–H and O–H groups in total. The van der Waals surface area contributed by atoms with Crippen LogP contribution >= 0.6 is 23.5 Å². The molecule has 0 fully saturated rings. The molecule has 2 heterocycles. The van der Waals surface area contributed by atoms with Crippen LogP contribution in [0.4, 0.5) is 9.59 Å². The number of rotatable bonds is 17. The minimum absolute atomic E-state index is 0.130. The van der Waals surface area contributed by atoms with Crippen molar-refractivity contribution in [3.63, 3.8) is 0 Å². The van der Waals surface area contributed by atoms with Gasteiger partial charge in [0.15, 0.2) is 0 Å². The summed E-state index contributed by atoms with van der Waals surface area (Å²) >= 11 is 2.05. The molecule has 2 bridgehead atoms. The molecule has 2 atom stereocenters. The summed E-state index contributed by atoms with van der Waals surface area (Å²) in [5, 5.41) is 13.2. The zero-order valence-corrected chi connectivity index (χ0v) is 29.6. The molecular weight excluding hydrogens is 668 g/mol.